The van der Waals surface area contributed by atoms with Crippen LogP contribution in [0.15, 0.2) is 29.6 Å². The number of thiazole rings is 1. The Balaban J connectivity index is 2.28. The predicted molar refractivity (Wildman–Crippen MR) is 79.2 cm³/mol. The summed E-state index contributed by atoms with van der Waals surface area (Å²) in [5.74, 6) is 0.518. The summed E-state index contributed by atoms with van der Waals surface area (Å²) in [7, 11) is 2.00. The molecule has 0 radical (unpaired) electrons. The molecule has 0 aliphatic carbocycles. The molecule has 0 saturated carbocycles. The molecule has 0 amide bonds. The number of hydrogen-bond acceptors (Lipinski definition) is 3. The van der Waals surface area contributed by atoms with Gasteiger partial charge in [-0.2, -0.15) is 0 Å². The van der Waals surface area contributed by atoms with Crippen molar-refractivity contribution in [2.24, 2.45) is 0 Å². The highest BCUT2D eigenvalue weighted by molar-refractivity contribution is 7.13. The van der Waals surface area contributed by atoms with Crippen LogP contribution in [0.3, 0.4) is 0 Å². The van der Waals surface area contributed by atoms with Gasteiger partial charge in [-0.3, -0.25) is 0 Å². The summed E-state index contributed by atoms with van der Waals surface area (Å²) in [5, 5.41) is 6.58. The van der Waals surface area contributed by atoms with Crippen LogP contribution in [0.1, 0.15) is 30.5 Å². The number of nitrogens with zero attached hydrogens (tertiary/aromatic N) is 1. The lowest BCUT2D eigenvalue weighted by molar-refractivity contribution is 0.600. The Kier molecular flexibility index (Phi) is 4.50. The van der Waals surface area contributed by atoms with E-state index in [-0.39, 0.29) is 0 Å². The van der Waals surface area contributed by atoms with Crippen molar-refractivity contribution in [1.29, 1.82) is 0 Å². The van der Waals surface area contributed by atoms with Crippen LogP contribution in [-0.2, 0) is 0 Å². The second-order valence-electron chi connectivity index (χ2n) is 4.56. The Morgan fingerprint density at radius 1 is 1.33 bits per heavy atom. The van der Waals surface area contributed by atoms with Gasteiger partial charge in [-0.15, -0.1) is 11.3 Å². The third-order valence-electron chi connectivity index (χ3n) is 3.26. The molecule has 0 spiro atoms. The average Bonchev–Trinajstić information content (AvgIpc) is 2.85. The largest absolute Gasteiger partial charge is 0.319 e. The molecule has 0 bridgehead atoms. The standard InChI is InChI=1S/C15H20N2S/c1-4-12(9-16-3)14-10-18-15(17-14)13-8-6-5-7-11(13)2/h5-8,10,12,16H,4,9H2,1-3H3. The number of aryl methyl sites for hydroxylation is 1. The van der Waals surface area contributed by atoms with Crippen molar-refractivity contribution in [3.63, 3.8) is 0 Å². The molecule has 18 heavy (non-hydrogen) atoms. The van der Waals surface area contributed by atoms with Crippen molar-refractivity contribution >= 4 is 11.3 Å². The van der Waals surface area contributed by atoms with E-state index in [0.29, 0.717) is 5.92 Å². The molecule has 2 aromatic rings. The van der Waals surface area contributed by atoms with Crippen molar-refractivity contribution in [3.8, 4) is 10.6 Å². The molecule has 1 unspecified atom stereocenters. The first-order chi connectivity index (χ1) is 8.76. The van der Waals surface area contributed by atoms with Gasteiger partial charge in [-0.25, -0.2) is 4.98 Å². The van der Waals surface area contributed by atoms with Crippen LogP contribution < -0.4 is 5.32 Å². The van der Waals surface area contributed by atoms with Crippen LogP contribution in [0, 0.1) is 6.92 Å². The van der Waals surface area contributed by atoms with Crippen LogP contribution in [-0.4, -0.2) is 18.6 Å². The minimum absolute atomic E-state index is 0.518. The average molecular weight is 260 g/mol. The summed E-state index contributed by atoms with van der Waals surface area (Å²) >= 11 is 1.75. The van der Waals surface area contributed by atoms with Gasteiger partial charge < -0.3 is 5.32 Å². The fourth-order valence-electron chi connectivity index (χ4n) is 2.11. The van der Waals surface area contributed by atoms with Gasteiger partial charge in [-0.05, 0) is 26.0 Å². The lowest BCUT2D eigenvalue weighted by Crippen LogP contribution is -2.16. The minimum atomic E-state index is 0.518. The first kappa shape index (κ1) is 13.2. The van der Waals surface area contributed by atoms with Gasteiger partial charge in [0.25, 0.3) is 0 Å². The van der Waals surface area contributed by atoms with E-state index in [9.17, 15) is 0 Å². The second kappa shape index (κ2) is 6.12. The normalized spacial score (nSPS) is 12.6. The third-order valence-corrected chi connectivity index (χ3v) is 4.15. The molecule has 3 heteroatoms. The first-order valence-electron chi connectivity index (χ1n) is 6.42. The number of aromatic nitrogens is 1. The van der Waals surface area contributed by atoms with Gasteiger partial charge in [0, 0.05) is 23.4 Å². The number of nitrogens with one attached hydrogen (secondary N) is 1. The third kappa shape index (κ3) is 2.79. The molecule has 1 aromatic heterocycles. The van der Waals surface area contributed by atoms with Gasteiger partial charge >= 0.3 is 0 Å². The Hall–Kier alpha value is -1.19. The first-order valence-corrected chi connectivity index (χ1v) is 7.30. The zero-order valence-corrected chi connectivity index (χ0v) is 12.1. The van der Waals surface area contributed by atoms with Crippen molar-refractivity contribution in [2.75, 3.05) is 13.6 Å². The fourth-order valence-corrected chi connectivity index (χ4v) is 3.11. The highest BCUT2D eigenvalue weighted by atomic mass is 32.1. The van der Waals surface area contributed by atoms with E-state index >= 15 is 0 Å². The maximum Gasteiger partial charge on any atom is 0.123 e. The second-order valence-corrected chi connectivity index (χ2v) is 5.41. The van der Waals surface area contributed by atoms with Crippen molar-refractivity contribution in [1.82, 2.24) is 10.3 Å². The van der Waals surface area contributed by atoms with Gasteiger partial charge in [-0.1, -0.05) is 31.2 Å². The molecule has 1 atom stereocenters. The maximum absolute atomic E-state index is 4.81. The summed E-state index contributed by atoms with van der Waals surface area (Å²) < 4.78 is 0. The number of hydrogen-bond donors (Lipinski definition) is 1. The summed E-state index contributed by atoms with van der Waals surface area (Å²) in [5.41, 5.74) is 3.77. The van der Waals surface area contributed by atoms with E-state index in [2.05, 4.69) is 48.8 Å². The quantitative estimate of drug-likeness (QED) is 0.883. The lowest BCUT2D eigenvalue weighted by atomic mass is 10.0. The van der Waals surface area contributed by atoms with Crippen LogP contribution in [0.2, 0.25) is 0 Å². The van der Waals surface area contributed by atoms with E-state index < -0.39 is 0 Å². The number of rotatable bonds is 5. The van der Waals surface area contributed by atoms with Crippen molar-refractivity contribution < 1.29 is 0 Å². The van der Waals surface area contributed by atoms with Crippen LogP contribution in [0.5, 0.6) is 0 Å². The molecule has 2 nitrogen and oxygen atoms in total. The maximum atomic E-state index is 4.81. The molecule has 0 fully saturated rings. The molecule has 2 rings (SSSR count). The molecule has 0 aliphatic rings. The molecular formula is C15H20N2S. The summed E-state index contributed by atoms with van der Waals surface area (Å²) in [6.45, 7) is 5.35. The zero-order valence-electron chi connectivity index (χ0n) is 11.2. The van der Waals surface area contributed by atoms with Crippen LogP contribution in [0.4, 0.5) is 0 Å². The Labute approximate surface area is 113 Å². The fraction of sp³-hybridized carbons (Fsp3) is 0.400. The summed E-state index contributed by atoms with van der Waals surface area (Å²) in [6, 6.07) is 8.44. The topological polar surface area (TPSA) is 24.9 Å². The van der Waals surface area contributed by atoms with Gasteiger partial charge in [0.2, 0.25) is 0 Å². The van der Waals surface area contributed by atoms with Crippen LogP contribution in [0.25, 0.3) is 10.6 Å². The molecule has 0 aliphatic heterocycles. The smallest absolute Gasteiger partial charge is 0.123 e. The predicted octanol–water partition coefficient (Wildman–Crippen LogP) is 3.83. The minimum Gasteiger partial charge on any atom is -0.319 e. The zero-order chi connectivity index (χ0) is 13.0. The lowest BCUT2D eigenvalue weighted by Gasteiger charge is -2.10. The highest BCUT2D eigenvalue weighted by Gasteiger charge is 2.13. The molecule has 1 heterocycles. The van der Waals surface area contributed by atoms with Gasteiger partial charge in [0.05, 0.1) is 5.69 Å². The summed E-state index contributed by atoms with van der Waals surface area (Å²) in [4.78, 5) is 4.81. The van der Waals surface area contributed by atoms with Crippen LogP contribution >= 0.6 is 11.3 Å². The van der Waals surface area contributed by atoms with E-state index in [1.807, 2.05) is 7.05 Å². The molecule has 96 valence electrons. The van der Waals surface area contributed by atoms with Gasteiger partial charge in [0.15, 0.2) is 0 Å². The van der Waals surface area contributed by atoms with E-state index in [1.165, 1.54) is 16.8 Å². The van der Waals surface area contributed by atoms with E-state index in [1.54, 1.807) is 11.3 Å². The van der Waals surface area contributed by atoms with Crippen molar-refractivity contribution in [2.45, 2.75) is 26.2 Å². The SMILES string of the molecule is CCC(CNC)c1csc(-c2ccccc2C)n1. The number of benzene rings is 1. The summed E-state index contributed by atoms with van der Waals surface area (Å²) in [6.07, 6.45) is 1.12. The van der Waals surface area contributed by atoms with Crippen molar-refractivity contribution in [3.05, 3.63) is 40.9 Å². The molecule has 0 saturated heterocycles. The molecule has 1 N–H and O–H groups in total. The monoisotopic (exact) mass is 260 g/mol. The Bertz CT molecular complexity index is 505. The van der Waals surface area contributed by atoms with E-state index in [4.69, 9.17) is 4.98 Å². The molecule has 1 aromatic carbocycles. The Morgan fingerprint density at radius 2 is 2.11 bits per heavy atom. The highest BCUT2D eigenvalue weighted by Crippen LogP contribution is 2.29. The van der Waals surface area contributed by atoms with E-state index in [0.717, 1.165) is 18.0 Å². The molecular weight excluding hydrogens is 240 g/mol. The Morgan fingerprint density at radius 3 is 2.78 bits per heavy atom. The number of likely N-dealkylation sites (N-methyl/N-ethyl adjacent to an activating group) is 1. The van der Waals surface area contributed by atoms with Gasteiger partial charge in [0.1, 0.15) is 5.01 Å².